The number of benzene rings is 2. The van der Waals surface area contributed by atoms with Gasteiger partial charge in [-0.2, -0.15) is 0 Å². The summed E-state index contributed by atoms with van der Waals surface area (Å²) in [6, 6.07) is 16.7. The second-order valence-corrected chi connectivity index (χ2v) is 7.90. The summed E-state index contributed by atoms with van der Waals surface area (Å²) >= 11 is 0. The number of hydrogen-bond donors (Lipinski definition) is 0. The lowest BCUT2D eigenvalue weighted by Gasteiger charge is -2.08. The molecule has 168 valence electrons. The molecular weight excluding hydrogens is 420 g/mol. The number of fused-ring (bicyclic) bond motifs is 2. The number of unbranched alkanes of at least 4 members (excludes halogenated alkanes) is 3. The fourth-order valence-corrected chi connectivity index (χ4v) is 3.82. The second-order valence-electron chi connectivity index (χ2n) is 7.90. The Hall–Kier alpha value is -4.01. The first-order valence-electron chi connectivity index (χ1n) is 11.1. The molecule has 0 radical (unpaired) electrons. The average molecular weight is 444 g/mol. The van der Waals surface area contributed by atoms with Crippen LogP contribution in [0.2, 0.25) is 0 Å². The largest absolute Gasteiger partial charge is 0.493 e. The standard InChI is InChI=1S/C24H24N6O3/c31-24-15-23(19-9-3-6-12-22(19)33-24)32-14-8-2-1-7-13-29-16-18(25-27-29)17-30-21-11-5-4-10-20(21)26-28-30/h3-6,9-12,15-16H,1-2,7-8,13-14,17H2. The van der Waals surface area contributed by atoms with Gasteiger partial charge in [-0.25, -0.2) is 9.48 Å². The SMILES string of the molecule is O=c1cc(OCCCCCCn2cc(Cn3nnc4ccccc43)nn2)c2ccccc2o1. The highest BCUT2D eigenvalue weighted by atomic mass is 16.5. The molecule has 0 unspecified atom stereocenters. The quantitative estimate of drug-likeness (QED) is 0.238. The van der Waals surface area contributed by atoms with Crippen molar-refractivity contribution in [3.63, 3.8) is 0 Å². The van der Waals surface area contributed by atoms with Crippen LogP contribution in [0.5, 0.6) is 5.75 Å². The van der Waals surface area contributed by atoms with Crippen LogP contribution in [0.15, 0.2) is 70.0 Å². The molecule has 9 heteroatoms. The first-order chi connectivity index (χ1) is 16.3. The van der Waals surface area contributed by atoms with Gasteiger partial charge in [-0.15, -0.1) is 10.2 Å². The zero-order valence-electron chi connectivity index (χ0n) is 18.1. The molecule has 0 saturated heterocycles. The number of aryl methyl sites for hydroxylation is 1. The van der Waals surface area contributed by atoms with Crippen LogP contribution < -0.4 is 10.4 Å². The Labute approximate surface area is 189 Å². The third-order valence-electron chi connectivity index (χ3n) is 5.47. The van der Waals surface area contributed by atoms with Crippen LogP contribution in [-0.2, 0) is 13.1 Å². The third-order valence-corrected chi connectivity index (χ3v) is 5.47. The molecule has 0 aliphatic heterocycles. The molecule has 0 fully saturated rings. The molecule has 0 aliphatic carbocycles. The molecule has 0 saturated carbocycles. The van der Waals surface area contributed by atoms with Gasteiger partial charge < -0.3 is 9.15 Å². The molecule has 2 aromatic carbocycles. The van der Waals surface area contributed by atoms with Crippen LogP contribution in [-0.4, -0.2) is 36.6 Å². The van der Waals surface area contributed by atoms with Gasteiger partial charge in [0.1, 0.15) is 22.5 Å². The van der Waals surface area contributed by atoms with Crippen LogP contribution in [0.25, 0.3) is 22.0 Å². The van der Waals surface area contributed by atoms with E-state index in [4.69, 9.17) is 9.15 Å². The summed E-state index contributed by atoms with van der Waals surface area (Å²) < 4.78 is 14.8. The minimum atomic E-state index is -0.395. The molecule has 0 amide bonds. The van der Waals surface area contributed by atoms with Gasteiger partial charge in [0.15, 0.2) is 0 Å². The summed E-state index contributed by atoms with van der Waals surface area (Å²) in [6.45, 7) is 1.92. The van der Waals surface area contributed by atoms with E-state index in [1.54, 1.807) is 6.07 Å². The molecule has 0 bridgehead atoms. The van der Waals surface area contributed by atoms with Gasteiger partial charge in [0.05, 0.1) is 36.3 Å². The summed E-state index contributed by atoms with van der Waals surface area (Å²) in [7, 11) is 0. The first-order valence-corrected chi connectivity index (χ1v) is 11.1. The minimum absolute atomic E-state index is 0.395. The molecule has 0 spiro atoms. The lowest BCUT2D eigenvalue weighted by Crippen LogP contribution is -2.03. The van der Waals surface area contributed by atoms with Gasteiger partial charge in [-0.1, -0.05) is 41.1 Å². The van der Waals surface area contributed by atoms with Crippen molar-refractivity contribution in [2.75, 3.05) is 6.61 Å². The Bertz CT molecular complexity index is 1420. The topological polar surface area (TPSA) is 101 Å². The predicted octanol–water partition coefficient (Wildman–Crippen LogP) is 3.82. The van der Waals surface area contributed by atoms with Gasteiger partial charge in [0.2, 0.25) is 0 Å². The molecule has 5 aromatic rings. The van der Waals surface area contributed by atoms with Crippen LogP contribution in [0.4, 0.5) is 0 Å². The van der Waals surface area contributed by atoms with Gasteiger partial charge in [-0.05, 0) is 43.5 Å². The Morgan fingerprint density at radius 2 is 1.76 bits per heavy atom. The highest BCUT2D eigenvalue weighted by molar-refractivity contribution is 5.82. The molecule has 9 nitrogen and oxygen atoms in total. The van der Waals surface area contributed by atoms with Crippen molar-refractivity contribution < 1.29 is 9.15 Å². The van der Waals surface area contributed by atoms with Crippen molar-refractivity contribution in [3.05, 3.63) is 76.9 Å². The van der Waals surface area contributed by atoms with E-state index < -0.39 is 5.63 Å². The van der Waals surface area contributed by atoms with E-state index in [0.29, 0.717) is 24.5 Å². The van der Waals surface area contributed by atoms with E-state index >= 15 is 0 Å². The van der Waals surface area contributed by atoms with Crippen LogP contribution in [0.1, 0.15) is 31.4 Å². The smallest absolute Gasteiger partial charge is 0.339 e. The molecule has 3 heterocycles. The molecule has 0 N–H and O–H groups in total. The van der Waals surface area contributed by atoms with Gasteiger partial charge in [-0.3, -0.25) is 4.68 Å². The van der Waals surface area contributed by atoms with E-state index in [1.165, 1.54) is 6.07 Å². The van der Waals surface area contributed by atoms with Crippen LogP contribution in [0.3, 0.4) is 0 Å². The summed E-state index contributed by atoms with van der Waals surface area (Å²) in [6.07, 6.45) is 5.98. The third kappa shape index (κ3) is 4.92. The Morgan fingerprint density at radius 1 is 0.909 bits per heavy atom. The number of rotatable bonds is 10. The maximum Gasteiger partial charge on any atom is 0.339 e. The van der Waals surface area contributed by atoms with Crippen molar-refractivity contribution in [1.29, 1.82) is 0 Å². The Morgan fingerprint density at radius 3 is 2.73 bits per heavy atom. The Kier molecular flexibility index (Phi) is 6.10. The number of para-hydroxylation sites is 2. The van der Waals surface area contributed by atoms with E-state index in [-0.39, 0.29) is 0 Å². The maximum atomic E-state index is 11.7. The lowest BCUT2D eigenvalue weighted by molar-refractivity contribution is 0.305. The molecular formula is C24H24N6O3. The van der Waals surface area contributed by atoms with Crippen molar-refractivity contribution >= 4 is 22.0 Å². The lowest BCUT2D eigenvalue weighted by atomic mass is 10.2. The van der Waals surface area contributed by atoms with E-state index in [9.17, 15) is 4.79 Å². The highest BCUT2D eigenvalue weighted by Crippen LogP contribution is 2.23. The highest BCUT2D eigenvalue weighted by Gasteiger charge is 2.08. The molecule has 3 aromatic heterocycles. The zero-order chi connectivity index (χ0) is 22.5. The van der Waals surface area contributed by atoms with Crippen LogP contribution >= 0.6 is 0 Å². The van der Waals surface area contributed by atoms with Crippen molar-refractivity contribution in [2.45, 2.75) is 38.8 Å². The van der Waals surface area contributed by atoms with Gasteiger partial charge >= 0.3 is 5.63 Å². The van der Waals surface area contributed by atoms with E-state index in [2.05, 4.69) is 20.6 Å². The van der Waals surface area contributed by atoms with E-state index in [0.717, 1.165) is 54.3 Å². The number of hydrogen-bond acceptors (Lipinski definition) is 7. The number of nitrogens with zero attached hydrogens (tertiary/aromatic N) is 6. The summed E-state index contributed by atoms with van der Waals surface area (Å²) in [5.74, 6) is 0.581. The van der Waals surface area contributed by atoms with E-state index in [1.807, 2.05) is 58.0 Å². The number of aromatic nitrogens is 6. The normalized spacial score (nSPS) is 11.4. The maximum absolute atomic E-state index is 11.7. The average Bonchev–Trinajstić information content (AvgIpc) is 3.45. The molecule has 5 rings (SSSR count). The fourth-order valence-electron chi connectivity index (χ4n) is 3.82. The van der Waals surface area contributed by atoms with Crippen molar-refractivity contribution in [2.24, 2.45) is 0 Å². The number of ether oxygens (including phenoxy) is 1. The Balaban J connectivity index is 1.04. The van der Waals surface area contributed by atoms with Crippen molar-refractivity contribution in [3.8, 4) is 5.75 Å². The fraction of sp³-hybridized carbons (Fsp3) is 0.292. The molecule has 0 aliphatic rings. The summed E-state index contributed by atoms with van der Waals surface area (Å²) in [5, 5.41) is 17.7. The van der Waals surface area contributed by atoms with Gasteiger partial charge in [0.25, 0.3) is 0 Å². The summed E-state index contributed by atoms with van der Waals surface area (Å²) in [5.41, 5.74) is 2.87. The predicted molar refractivity (Wildman–Crippen MR) is 123 cm³/mol. The first kappa shape index (κ1) is 20.9. The molecule has 0 atom stereocenters. The second kappa shape index (κ2) is 9.64. The minimum Gasteiger partial charge on any atom is -0.493 e. The van der Waals surface area contributed by atoms with Gasteiger partial charge in [0, 0.05) is 6.54 Å². The van der Waals surface area contributed by atoms with Crippen molar-refractivity contribution in [1.82, 2.24) is 30.0 Å². The summed E-state index contributed by atoms with van der Waals surface area (Å²) in [4.78, 5) is 11.7. The molecule has 33 heavy (non-hydrogen) atoms. The zero-order valence-corrected chi connectivity index (χ0v) is 18.1. The monoisotopic (exact) mass is 444 g/mol. The van der Waals surface area contributed by atoms with Crippen LogP contribution in [0, 0.1) is 0 Å².